The Morgan fingerprint density at radius 1 is 1.22 bits per heavy atom. The summed E-state index contributed by atoms with van der Waals surface area (Å²) in [4.78, 5) is 17.5. The number of carbonyl (C=O) groups is 1. The van der Waals surface area contributed by atoms with Crippen LogP contribution >= 0.6 is 0 Å². The van der Waals surface area contributed by atoms with Crippen LogP contribution in [0.5, 0.6) is 0 Å². The van der Waals surface area contributed by atoms with E-state index in [9.17, 15) is 4.79 Å². The van der Waals surface area contributed by atoms with Gasteiger partial charge in [0.15, 0.2) is 0 Å². The minimum atomic E-state index is -0.135. The van der Waals surface area contributed by atoms with Crippen molar-refractivity contribution in [2.75, 3.05) is 32.8 Å². The maximum absolute atomic E-state index is 12.7. The number of ether oxygens (including phenoxy) is 1. The number of benzene rings is 1. The summed E-state index contributed by atoms with van der Waals surface area (Å²) in [6.07, 6.45) is 2.12. The third-order valence-electron chi connectivity index (χ3n) is 6.01. The number of hydrogen-bond donors (Lipinski definition) is 1. The minimum absolute atomic E-state index is 0.0290. The molecule has 2 saturated heterocycles. The fourth-order valence-corrected chi connectivity index (χ4v) is 4.05. The van der Waals surface area contributed by atoms with Crippen molar-refractivity contribution in [1.29, 1.82) is 0 Å². The highest BCUT2D eigenvalue weighted by Crippen LogP contribution is 2.30. The Morgan fingerprint density at radius 3 is 2.52 bits per heavy atom. The lowest BCUT2D eigenvalue weighted by Gasteiger charge is -2.45. The van der Waals surface area contributed by atoms with Crippen molar-refractivity contribution in [2.24, 2.45) is 0 Å². The average molecular weight is 374 g/mol. The van der Waals surface area contributed by atoms with E-state index < -0.39 is 0 Å². The molecular weight excluding hydrogens is 338 g/mol. The summed E-state index contributed by atoms with van der Waals surface area (Å²) in [6.45, 7) is 12.7. The maximum Gasteiger partial charge on any atom is 0.234 e. The van der Waals surface area contributed by atoms with Gasteiger partial charge in [-0.25, -0.2) is 0 Å². The summed E-state index contributed by atoms with van der Waals surface area (Å²) in [5.41, 5.74) is 1.04. The Labute approximate surface area is 164 Å². The van der Waals surface area contributed by atoms with Crippen LogP contribution in [0.4, 0.5) is 0 Å². The van der Waals surface area contributed by atoms with E-state index in [1.165, 1.54) is 5.56 Å². The summed E-state index contributed by atoms with van der Waals surface area (Å²) in [5, 5.41) is 3.27. The number of nitrogens with one attached hydrogen (secondary N) is 1. The molecule has 1 unspecified atom stereocenters. The van der Waals surface area contributed by atoms with Gasteiger partial charge in [0.1, 0.15) is 0 Å². The molecule has 1 amide bonds. The summed E-state index contributed by atoms with van der Waals surface area (Å²) in [5.74, 6) is 0.139. The molecule has 0 radical (unpaired) electrons. The largest absolute Gasteiger partial charge is 0.370 e. The maximum atomic E-state index is 12.7. The molecule has 2 aliphatic rings. The lowest BCUT2D eigenvalue weighted by Crippen LogP contribution is -2.57. The first kappa shape index (κ1) is 20.3. The van der Waals surface area contributed by atoms with Gasteiger partial charge >= 0.3 is 0 Å². The van der Waals surface area contributed by atoms with Crippen molar-refractivity contribution in [1.82, 2.24) is 15.1 Å². The number of likely N-dealkylation sites (tertiary alicyclic amines) is 1. The molecule has 5 heteroatoms. The zero-order chi connectivity index (χ0) is 19.4. The molecule has 2 heterocycles. The van der Waals surface area contributed by atoms with Crippen LogP contribution in [0.25, 0.3) is 0 Å². The third-order valence-corrected chi connectivity index (χ3v) is 6.01. The highest BCUT2D eigenvalue weighted by Gasteiger charge is 2.36. The Morgan fingerprint density at radius 2 is 1.89 bits per heavy atom. The van der Waals surface area contributed by atoms with Gasteiger partial charge in [-0.2, -0.15) is 0 Å². The van der Waals surface area contributed by atoms with E-state index in [1.54, 1.807) is 0 Å². The molecule has 0 aliphatic carbocycles. The van der Waals surface area contributed by atoms with Crippen molar-refractivity contribution in [3.63, 3.8) is 0 Å². The predicted octanol–water partition coefficient (Wildman–Crippen LogP) is 2.83. The van der Waals surface area contributed by atoms with E-state index in [2.05, 4.69) is 54.9 Å². The Balaban J connectivity index is 1.54. The number of rotatable bonds is 5. The first-order chi connectivity index (χ1) is 12.8. The van der Waals surface area contributed by atoms with Crippen molar-refractivity contribution in [2.45, 2.75) is 64.3 Å². The number of morpholine rings is 1. The van der Waals surface area contributed by atoms with Crippen LogP contribution in [-0.2, 0) is 9.53 Å². The fourth-order valence-electron chi connectivity index (χ4n) is 4.05. The van der Waals surface area contributed by atoms with Gasteiger partial charge in [-0.05, 0) is 46.1 Å². The second-order valence-electron chi connectivity index (χ2n) is 8.87. The van der Waals surface area contributed by atoms with E-state index in [0.29, 0.717) is 25.2 Å². The Bertz CT molecular complexity index is 609. The van der Waals surface area contributed by atoms with Crippen LogP contribution < -0.4 is 5.32 Å². The molecule has 150 valence electrons. The van der Waals surface area contributed by atoms with Crippen molar-refractivity contribution < 1.29 is 9.53 Å². The standard InChI is InChI=1S/C22H35N3O2/c1-17(2)24-12-10-19(11-13-24)23-21(26)15-25-14-20(27-16-22(25,3)4)18-8-6-5-7-9-18/h5-9,17,19-20H,10-16H2,1-4H3,(H,23,26). The monoisotopic (exact) mass is 373 g/mol. The molecule has 0 saturated carbocycles. The van der Waals surface area contributed by atoms with E-state index in [-0.39, 0.29) is 17.6 Å². The van der Waals surface area contributed by atoms with Crippen LogP contribution in [-0.4, -0.2) is 66.1 Å². The van der Waals surface area contributed by atoms with E-state index >= 15 is 0 Å². The van der Waals surface area contributed by atoms with Gasteiger partial charge in [0, 0.05) is 37.3 Å². The molecule has 2 fully saturated rings. The topological polar surface area (TPSA) is 44.8 Å². The summed E-state index contributed by atoms with van der Waals surface area (Å²) >= 11 is 0. The van der Waals surface area contributed by atoms with Crippen molar-refractivity contribution in [3.8, 4) is 0 Å². The molecule has 1 atom stereocenters. The molecule has 1 aromatic rings. The second kappa shape index (κ2) is 8.72. The third kappa shape index (κ3) is 5.31. The van der Waals surface area contributed by atoms with Crippen LogP contribution in [0, 0.1) is 0 Å². The lowest BCUT2D eigenvalue weighted by molar-refractivity contribution is -0.134. The molecule has 0 aromatic heterocycles. The molecule has 1 aromatic carbocycles. The average Bonchev–Trinajstić information content (AvgIpc) is 2.64. The first-order valence-corrected chi connectivity index (χ1v) is 10.3. The van der Waals surface area contributed by atoms with Gasteiger partial charge in [0.25, 0.3) is 0 Å². The number of hydrogen-bond acceptors (Lipinski definition) is 4. The van der Waals surface area contributed by atoms with Crippen LogP contribution in [0.1, 0.15) is 52.2 Å². The van der Waals surface area contributed by atoms with Crippen LogP contribution in [0.15, 0.2) is 30.3 Å². The summed E-state index contributed by atoms with van der Waals surface area (Å²) in [7, 11) is 0. The molecular formula is C22H35N3O2. The lowest BCUT2D eigenvalue weighted by atomic mass is 9.98. The van der Waals surface area contributed by atoms with E-state index in [1.807, 2.05) is 18.2 Å². The highest BCUT2D eigenvalue weighted by atomic mass is 16.5. The van der Waals surface area contributed by atoms with Gasteiger partial charge in [0.05, 0.1) is 19.3 Å². The van der Waals surface area contributed by atoms with Gasteiger partial charge < -0.3 is 15.0 Å². The van der Waals surface area contributed by atoms with Crippen molar-refractivity contribution >= 4 is 5.91 Å². The van der Waals surface area contributed by atoms with Crippen LogP contribution in [0.2, 0.25) is 0 Å². The predicted molar refractivity (Wildman–Crippen MR) is 109 cm³/mol. The van der Waals surface area contributed by atoms with Gasteiger partial charge in [-0.1, -0.05) is 30.3 Å². The second-order valence-corrected chi connectivity index (χ2v) is 8.87. The van der Waals surface area contributed by atoms with Gasteiger partial charge in [-0.15, -0.1) is 0 Å². The smallest absolute Gasteiger partial charge is 0.234 e. The molecule has 1 N–H and O–H groups in total. The Hall–Kier alpha value is -1.43. The van der Waals surface area contributed by atoms with E-state index in [0.717, 1.165) is 32.5 Å². The first-order valence-electron chi connectivity index (χ1n) is 10.3. The minimum Gasteiger partial charge on any atom is -0.370 e. The number of piperidine rings is 1. The SMILES string of the molecule is CC(C)N1CCC(NC(=O)CN2CC(c3ccccc3)OCC2(C)C)CC1. The highest BCUT2D eigenvalue weighted by molar-refractivity contribution is 5.78. The molecule has 0 spiro atoms. The summed E-state index contributed by atoms with van der Waals surface area (Å²) < 4.78 is 6.10. The van der Waals surface area contributed by atoms with Crippen molar-refractivity contribution in [3.05, 3.63) is 35.9 Å². The van der Waals surface area contributed by atoms with Gasteiger partial charge in [-0.3, -0.25) is 9.69 Å². The quantitative estimate of drug-likeness (QED) is 0.862. The number of amides is 1. The fraction of sp³-hybridized carbons (Fsp3) is 0.682. The zero-order valence-electron chi connectivity index (χ0n) is 17.3. The zero-order valence-corrected chi connectivity index (χ0v) is 17.3. The molecule has 5 nitrogen and oxygen atoms in total. The van der Waals surface area contributed by atoms with Crippen LogP contribution in [0.3, 0.4) is 0 Å². The molecule has 2 aliphatic heterocycles. The normalized spacial score (nSPS) is 24.9. The number of carbonyl (C=O) groups excluding carboxylic acids is 1. The molecule has 27 heavy (non-hydrogen) atoms. The molecule has 3 rings (SSSR count). The van der Waals surface area contributed by atoms with E-state index in [4.69, 9.17) is 4.74 Å². The summed E-state index contributed by atoms with van der Waals surface area (Å²) in [6, 6.07) is 11.2. The van der Waals surface area contributed by atoms with Gasteiger partial charge in [0.2, 0.25) is 5.91 Å². The molecule has 0 bridgehead atoms. The number of nitrogens with zero attached hydrogens (tertiary/aromatic N) is 2. The Kier molecular flexibility index (Phi) is 6.56.